The highest BCUT2D eigenvalue weighted by Crippen LogP contribution is 2.32. The first-order valence-electron chi connectivity index (χ1n) is 14.8. The number of unbranched alkanes of at least 4 members (excludes halogenated alkanes) is 7. The molecule has 0 atom stereocenters. The fraction of sp³-hybridized carbons (Fsp3) is 0.297. The van der Waals surface area contributed by atoms with Gasteiger partial charge in [0.05, 0.1) is 0 Å². The number of allylic oxidation sites excluding steroid dienone is 2. The molecule has 4 aromatic carbocycles. The zero-order chi connectivity index (χ0) is 27.2. The summed E-state index contributed by atoms with van der Waals surface area (Å²) in [6.07, 6.45) is 11.6. The molecule has 0 fully saturated rings. The molecule has 0 spiro atoms. The van der Waals surface area contributed by atoms with Gasteiger partial charge in [0.15, 0.2) is 8.07 Å². The van der Waals surface area contributed by atoms with Crippen LogP contribution >= 0.6 is 11.6 Å². The van der Waals surface area contributed by atoms with Crippen molar-refractivity contribution in [1.29, 1.82) is 0 Å². The van der Waals surface area contributed by atoms with Crippen LogP contribution in [-0.4, -0.2) is 14.0 Å². The van der Waals surface area contributed by atoms with Crippen molar-refractivity contribution in [2.24, 2.45) is 0 Å². The van der Waals surface area contributed by atoms with Gasteiger partial charge < -0.3 is 0 Å². The van der Waals surface area contributed by atoms with Crippen molar-refractivity contribution in [3.05, 3.63) is 132 Å². The van der Waals surface area contributed by atoms with E-state index >= 15 is 0 Å². The van der Waals surface area contributed by atoms with Crippen LogP contribution in [0, 0.1) is 0 Å². The van der Waals surface area contributed by atoms with Crippen molar-refractivity contribution in [2.75, 3.05) is 5.88 Å². The smallest absolute Gasteiger partial charge is 0.122 e. The Morgan fingerprint density at radius 2 is 0.897 bits per heavy atom. The summed E-state index contributed by atoms with van der Waals surface area (Å²) in [6, 6.07) is 44.5. The lowest BCUT2D eigenvalue weighted by Gasteiger charge is -2.37. The molecule has 0 saturated heterocycles. The Morgan fingerprint density at radius 1 is 0.513 bits per heavy atom. The van der Waals surface area contributed by atoms with Gasteiger partial charge in [0.2, 0.25) is 0 Å². The lowest BCUT2D eigenvalue weighted by atomic mass is 9.98. The molecule has 2 heteroatoms. The molecule has 0 heterocycles. The van der Waals surface area contributed by atoms with E-state index in [-0.39, 0.29) is 0 Å². The van der Waals surface area contributed by atoms with Crippen molar-refractivity contribution >= 4 is 40.8 Å². The third kappa shape index (κ3) is 7.21. The van der Waals surface area contributed by atoms with E-state index in [9.17, 15) is 0 Å². The number of hydrogen-bond donors (Lipinski definition) is 0. The number of alkyl halides is 1. The predicted octanol–water partition coefficient (Wildman–Crippen LogP) is 8.92. The van der Waals surface area contributed by atoms with Crippen molar-refractivity contribution in [3.63, 3.8) is 0 Å². The summed E-state index contributed by atoms with van der Waals surface area (Å²) < 4.78 is 0. The molecule has 0 saturated carbocycles. The van der Waals surface area contributed by atoms with E-state index in [1.807, 2.05) is 0 Å². The van der Waals surface area contributed by atoms with E-state index in [1.165, 1.54) is 83.3 Å². The number of hydrogen-bond acceptors (Lipinski definition) is 0. The van der Waals surface area contributed by atoms with Crippen LogP contribution in [0.15, 0.2) is 127 Å². The van der Waals surface area contributed by atoms with Gasteiger partial charge in [-0.3, -0.25) is 0 Å². The average Bonchev–Trinajstić information content (AvgIpc) is 3.01. The lowest BCUT2D eigenvalue weighted by Crippen LogP contribution is -2.69. The van der Waals surface area contributed by atoms with E-state index < -0.39 is 8.07 Å². The molecule has 4 aromatic rings. The lowest BCUT2D eigenvalue weighted by molar-refractivity contribution is 0.579. The third-order valence-electron chi connectivity index (χ3n) is 7.97. The van der Waals surface area contributed by atoms with Crippen LogP contribution in [0.4, 0.5) is 0 Å². The topological polar surface area (TPSA) is 0 Å². The molecule has 0 N–H and O–H groups in total. The Balaban J connectivity index is 1.86. The summed E-state index contributed by atoms with van der Waals surface area (Å²) in [6.45, 7) is 2.29. The minimum Gasteiger partial charge on any atom is -0.122 e. The van der Waals surface area contributed by atoms with Gasteiger partial charge in [-0.1, -0.05) is 173 Å². The van der Waals surface area contributed by atoms with Crippen molar-refractivity contribution in [1.82, 2.24) is 0 Å². The van der Waals surface area contributed by atoms with Crippen LogP contribution in [0.1, 0.15) is 70.3 Å². The standard InChI is InChI=1S/C37H43ClSi/c1-2-3-4-5-6-7-8-21-30-36(32-22-13-9-14-23-32)37(31-38)39(33-24-15-10-16-25-33,34-26-17-11-18-27-34)35-28-19-12-20-29-35/h9-20,22-29H,2-8,21,30-31H2,1H3/b37-36-. The molecule has 202 valence electrons. The number of benzene rings is 4. The first kappa shape index (κ1) is 29.1. The van der Waals surface area contributed by atoms with Gasteiger partial charge in [0, 0.05) is 5.88 Å². The fourth-order valence-corrected chi connectivity index (χ4v) is 11.8. The third-order valence-corrected chi connectivity index (χ3v) is 13.4. The second-order valence-electron chi connectivity index (χ2n) is 10.5. The van der Waals surface area contributed by atoms with Crippen molar-refractivity contribution < 1.29 is 0 Å². The van der Waals surface area contributed by atoms with Crippen LogP contribution in [0.25, 0.3) is 5.57 Å². The largest absolute Gasteiger partial charge is 0.177 e. The summed E-state index contributed by atoms with van der Waals surface area (Å²) in [5.74, 6) is 0.520. The Labute approximate surface area is 242 Å². The molecule has 0 aliphatic carbocycles. The Kier molecular flexibility index (Phi) is 11.7. The highest BCUT2D eigenvalue weighted by Gasteiger charge is 2.43. The zero-order valence-electron chi connectivity index (χ0n) is 23.5. The number of rotatable bonds is 15. The van der Waals surface area contributed by atoms with Gasteiger partial charge in [0.1, 0.15) is 0 Å². The molecule has 0 nitrogen and oxygen atoms in total. The second kappa shape index (κ2) is 15.7. The quantitative estimate of drug-likeness (QED) is 0.0599. The molecule has 0 unspecified atom stereocenters. The van der Waals surface area contributed by atoms with Gasteiger partial charge in [-0.2, -0.15) is 0 Å². The van der Waals surface area contributed by atoms with Crippen LogP contribution in [0.5, 0.6) is 0 Å². The maximum Gasteiger partial charge on any atom is 0.177 e. The molecule has 0 aromatic heterocycles. The molecular weight excluding hydrogens is 508 g/mol. The molecule has 0 amide bonds. The summed E-state index contributed by atoms with van der Waals surface area (Å²) in [7, 11) is -2.64. The number of halogens is 1. The average molecular weight is 551 g/mol. The monoisotopic (exact) mass is 550 g/mol. The van der Waals surface area contributed by atoms with E-state index in [0.717, 1.165) is 6.42 Å². The van der Waals surface area contributed by atoms with Crippen LogP contribution in [-0.2, 0) is 0 Å². The van der Waals surface area contributed by atoms with Crippen molar-refractivity contribution in [2.45, 2.75) is 64.7 Å². The highest BCUT2D eigenvalue weighted by atomic mass is 35.5. The normalized spacial score (nSPS) is 12.3. The fourth-order valence-electron chi connectivity index (χ4n) is 6.04. The van der Waals surface area contributed by atoms with Gasteiger partial charge >= 0.3 is 0 Å². The van der Waals surface area contributed by atoms with Gasteiger partial charge in [-0.25, -0.2) is 0 Å². The van der Waals surface area contributed by atoms with Crippen LogP contribution in [0.3, 0.4) is 0 Å². The molecule has 0 aliphatic rings. The highest BCUT2D eigenvalue weighted by molar-refractivity contribution is 7.17. The Bertz CT molecular complexity index is 1150. The van der Waals surface area contributed by atoms with E-state index in [2.05, 4.69) is 128 Å². The first-order valence-corrected chi connectivity index (χ1v) is 17.4. The van der Waals surface area contributed by atoms with Gasteiger partial charge in [0.25, 0.3) is 0 Å². The maximum atomic E-state index is 7.13. The molecular formula is C37H43ClSi. The summed E-state index contributed by atoms with van der Waals surface area (Å²) in [5, 5.41) is 5.59. The first-order chi connectivity index (χ1) is 19.3. The maximum absolute atomic E-state index is 7.13. The molecule has 0 aliphatic heterocycles. The summed E-state index contributed by atoms with van der Waals surface area (Å²) >= 11 is 7.13. The van der Waals surface area contributed by atoms with Gasteiger partial charge in [-0.15, -0.1) is 11.6 Å². The molecule has 0 radical (unpaired) electrons. The minimum absolute atomic E-state index is 0.520. The minimum atomic E-state index is -2.64. The van der Waals surface area contributed by atoms with Crippen LogP contribution < -0.4 is 15.6 Å². The van der Waals surface area contributed by atoms with Crippen molar-refractivity contribution in [3.8, 4) is 0 Å². The zero-order valence-corrected chi connectivity index (χ0v) is 25.3. The SMILES string of the molecule is CCCCCCCCCC/C(=C(\CCl)[Si](c1ccccc1)(c1ccccc1)c1ccccc1)c1ccccc1. The second-order valence-corrected chi connectivity index (χ2v) is 14.6. The van der Waals surface area contributed by atoms with E-state index in [1.54, 1.807) is 0 Å². The van der Waals surface area contributed by atoms with Crippen LogP contribution in [0.2, 0.25) is 0 Å². The summed E-state index contributed by atoms with van der Waals surface area (Å²) in [4.78, 5) is 0. The molecule has 4 rings (SSSR count). The Morgan fingerprint density at radius 3 is 1.31 bits per heavy atom. The molecule has 39 heavy (non-hydrogen) atoms. The predicted molar refractivity (Wildman–Crippen MR) is 175 cm³/mol. The van der Waals surface area contributed by atoms with E-state index in [0.29, 0.717) is 5.88 Å². The Hall–Kier alpha value is -2.87. The molecule has 0 bridgehead atoms. The summed E-state index contributed by atoms with van der Waals surface area (Å²) in [5.41, 5.74) is 2.76. The van der Waals surface area contributed by atoms with Gasteiger partial charge in [-0.05, 0) is 44.7 Å². The van der Waals surface area contributed by atoms with E-state index in [4.69, 9.17) is 11.6 Å².